The van der Waals surface area contributed by atoms with Crippen LogP contribution in [0.4, 0.5) is 74.6 Å². The highest BCUT2D eigenvalue weighted by Crippen LogP contribution is 2.63. The number of sulfonamides is 1. The first-order valence-corrected chi connectivity index (χ1v) is 12.7. The quantitative estimate of drug-likeness (QED) is 0.0992. The topological polar surface area (TPSA) is 55.4 Å². The van der Waals surface area contributed by atoms with Gasteiger partial charge in [-0.1, -0.05) is 0 Å². The van der Waals surface area contributed by atoms with Crippen molar-refractivity contribution in [3.05, 3.63) is 36.1 Å². The van der Waals surface area contributed by atoms with Crippen LogP contribution in [0.25, 0.3) is 0 Å². The van der Waals surface area contributed by atoms with Gasteiger partial charge in [0.15, 0.2) is 0 Å². The number of rotatable bonds is 14. The molecule has 0 aromatic heterocycles. The fraction of sp³-hybridized carbons (Fsp3) is 0.619. The number of hydrogen-bond donors (Lipinski definition) is 1. The maximum absolute atomic E-state index is 13.9. The van der Waals surface area contributed by atoms with Crippen molar-refractivity contribution >= 4 is 10.0 Å². The van der Waals surface area contributed by atoms with Gasteiger partial charge in [0.05, 0.1) is 32.6 Å². The van der Waals surface area contributed by atoms with Crippen molar-refractivity contribution in [1.29, 1.82) is 0 Å². The van der Waals surface area contributed by atoms with Gasteiger partial charge in [-0.3, -0.25) is 0 Å². The van der Waals surface area contributed by atoms with Crippen LogP contribution < -0.4 is 9.46 Å². The van der Waals surface area contributed by atoms with Gasteiger partial charge >= 0.3 is 47.7 Å². The molecule has 0 bridgehead atoms. The van der Waals surface area contributed by atoms with E-state index in [1.165, 1.54) is 0 Å². The van der Waals surface area contributed by atoms with Crippen LogP contribution in [0.3, 0.4) is 0 Å². The Morgan fingerprint density at radius 2 is 1.11 bits per heavy atom. The fourth-order valence-electron chi connectivity index (χ4n) is 2.91. The number of benzene rings is 1. The molecule has 1 rings (SSSR count). The molecular weight excluding hydrogens is 683 g/mol. The third-order valence-corrected chi connectivity index (χ3v) is 6.89. The van der Waals surface area contributed by atoms with E-state index in [1.54, 1.807) is 21.1 Å². The highest BCUT2D eigenvalue weighted by atomic mass is 32.2. The number of halogens is 17. The molecule has 0 heterocycles. The Morgan fingerprint density at radius 3 is 1.52 bits per heavy atom. The average molecular weight is 703 g/mol. The first-order chi connectivity index (χ1) is 19.2. The van der Waals surface area contributed by atoms with E-state index in [1.807, 2.05) is 0 Å². The first-order valence-electron chi connectivity index (χ1n) is 11.2. The predicted octanol–water partition coefficient (Wildman–Crippen LogP) is 6.92. The number of nitrogens with zero attached hydrogens (tertiary/aromatic N) is 1. The Kier molecular flexibility index (Phi) is 10.8. The molecule has 5 nitrogen and oxygen atoms in total. The molecule has 23 heteroatoms. The number of alkyl halides is 15. The molecule has 0 radical (unpaired) electrons. The Hall–Kier alpha value is -2.56. The second kappa shape index (κ2) is 12.0. The van der Waals surface area contributed by atoms with E-state index in [-0.39, 0.29) is 6.54 Å². The number of ether oxygens (including phenoxy) is 1. The van der Waals surface area contributed by atoms with Crippen LogP contribution in [0.15, 0.2) is 41.0 Å². The third-order valence-electron chi connectivity index (χ3n) is 5.42. The summed E-state index contributed by atoms with van der Waals surface area (Å²) in [5.74, 6) is -55.9. The van der Waals surface area contributed by atoms with Crippen molar-refractivity contribution in [2.24, 2.45) is 0 Å². The van der Waals surface area contributed by atoms with Gasteiger partial charge in [0.2, 0.25) is 15.9 Å². The van der Waals surface area contributed by atoms with Crippen molar-refractivity contribution in [3.8, 4) is 5.75 Å². The largest absolute Gasteiger partial charge is 0.460 e. The summed E-state index contributed by atoms with van der Waals surface area (Å²) in [6.45, 7) is 0.396. The van der Waals surface area contributed by atoms with E-state index in [9.17, 15) is 83.1 Å². The van der Waals surface area contributed by atoms with Gasteiger partial charge in [-0.15, -0.1) is 0 Å². The molecule has 0 aliphatic heterocycles. The molecule has 0 spiro atoms. The zero-order valence-electron chi connectivity index (χ0n) is 21.9. The maximum Gasteiger partial charge on any atom is 0.460 e. The van der Waals surface area contributed by atoms with Crippen LogP contribution in [0.5, 0.6) is 5.75 Å². The molecule has 0 atom stereocenters. The summed E-state index contributed by atoms with van der Waals surface area (Å²) in [7, 11) is 1.08. The molecule has 0 aliphatic carbocycles. The molecule has 256 valence electrons. The fourth-order valence-corrected chi connectivity index (χ4v) is 3.98. The molecule has 0 fully saturated rings. The number of nitrogens with one attached hydrogen (secondary N) is 1. The Bertz CT molecular complexity index is 1300. The SMILES string of the molecule is C[N+](C)(C)CCCNS(=O)(=O)c1ccc(OC(F)=C(F)C(F)(F)C(F)(F)C(F)(F)C(F)(F)C(F)(F)C(F)(F)C(F)(F)F)cc1. The van der Waals surface area contributed by atoms with Crippen LogP contribution in [0.1, 0.15) is 6.42 Å². The van der Waals surface area contributed by atoms with Crippen molar-refractivity contribution < 1.29 is 92.3 Å². The molecule has 44 heavy (non-hydrogen) atoms. The standard InChI is InChI=1S/C21H20F17N2O3S/c1-40(2,3)10-4-9-39-44(41,42)12-7-5-11(6-8-12)43-14(23)13(22)15(24,25)16(26,27)17(28,29)18(30,31)19(32,33)20(34,35)21(36,37)38/h5-8,39H,4,9-10H2,1-3H3/q+1. The van der Waals surface area contributed by atoms with Crippen molar-refractivity contribution in [2.45, 2.75) is 53.0 Å². The second-order valence-electron chi connectivity index (χ2n) is 9.87. The zero-order chi connectivity index (χ0) is 35.2. The average Bonchev–Trinajstić information content (AvgIpc) is 2.84. The second-order valence-corrected chi connectivity index (χ2v) is 11.6. The van der Waals surface area contributed by atoms with Crippen LogP contribution >= 0.6 is 0 Å². The highest BCUT2D eigenvalue weighted by molar-refractivity contribution is 7.89. The number of hydrogen-bond acceptors (Lipinski definition) is 3. The van der Waals surface area contributed by atoms with Crippen LogP contribution in [-0.2, 0) is 10.0 Å². The summed E-state index contributed by atoms with van der Waals surface area (Å²) in [6, 6.07) is -1.87. The normalized spacial score (nSPS) is 15.7. The third kappa shape index (κ3) is 7.12. The monoisotopic (exact) mass is 703 g/mol. The molecule has 0 aliphatic rings. The highest BCUT2D eigenvalue weighted by Gasteiger charge is 2.93. The van der Waals surface area contributed by atoms with Gasteiger partial charge in [-0.25, -0.2) is 13.1 Å². The lowest BCUT2D eigenvalue weighted by molar-refractivity contribution is -0.870. The van der Waals surface area contributed by atoms with Gasteiger partial charge in [0, 0.05) is 13.0 Å². The Balaban J connectivity index is 3.34. The van der Waals surface area contributed by atoms with Crippen molar-refractivity contribution in [1.82, 2.24) is 4.72 Å². The molecule has 1 aromatic carbocycles. The van der Waals surface area contributed by atoms with Gasteiger partial charge < -0.3 is 9.22 Å². The van der Waals surface area contributed by atoms with Gasteiger partial charge in [0.25, 0.3) is 0 Å². The Labute approximate surface area is 236 Å². The predicted molar refractivity (Wildman–Crippen MR) is 115 cm³/mol. The molecule has 1 N–H and O–H groups in total. The minimum absolute atomic E-state index is 0.106. The molecule has 0 saturated carbocycles. The number of allylic oxidation sites excluding steroid dienone is 1. The summed E-state index contributed by atoms with van der Waals surface area (Å²) in [5, 5.41) is 0. The van der Waals surface area contributed by atoms with Gasteiger partial charge in [0.1, 0.15) is 5.75 Å². The molecule has 0 unspecified atom stereocenters. The van der Waals surface area contributed by atoms with E-state index in [2.05, 4.69) is 9.46 Å². The molecule has 1 aromatic rings. The minimum Gasteiger partial charge on any atom is -0.430 e. The lowest BCUT2D eigenvalue weighted by atomic mass is 9.91. The maximum atomic E-state index is 13.9. The minimum atomic E-state index is -8.69. The van der Waals surface area contributed by atoms with Crippen molar-refractivity contribution in [2.75, 3.05) is 34.2 Å². The van der Waals surface area contributed by atoms with Gasteiger partial charge in [-0.2, -0.15) is 74.6 Å². The molecular formula is C21H20F17N2O3S+. The van der Waals surface area contributed by atoms with E-state index in [4.69, 9.17) is 0 Å². The molecule has 0 amide bonds. The summed E-state index contributed by atoms with van der Waals surface area (Å²) in [4.78, 5) is -0.629. The summed E-state index contributed by atoms with van der Waals surface area (Å²) in [5.41, 5.74) is 0. The summed E-state index contributed by atoms with van der Waals surface area (Å²) < 4.78 is 257. The van der Waals surface area contributed by atoms with E-state index >= 15 is 0 Å². The smallest absolute Gasteiger partial charge is 0.430 e. The summed E-state index contributed by atoms with van der Waals surface area (Å²) in [6.07, 6.45) is -7.50. The van der Waals surface area contributed by atoms with E-state index in [0.717, 1.165) is 0 Å². The summed E-state index contributed by atoms with van der Waals surface area (Å²) >= 11 is 0. The molecule has 0 saturated heterocycles. The van der Waals surface area contributed by atoms with E-state index in [0.29, 0.717) is 41.7 Å². The van der Waals surface area contributed by atoms with Crippen LogP contribution in [0, 0.1) is 0 Å². The lowest BCUT2D eigenvalue weighted by Crippen LogP contribution is -2.72. The van der Waals surface area contributed by atoms with Crippen LogP contribution in [-0.4, -0.2) is 88.8 Å². The van der Waals surface area contributed by atoms with Crippen LogP contribution in [0.2, 0.25) is 0 Å². The Morgan fingerprint density at radius 1 is 0.705 bits per heavy atom. The zero-order valence-corrected chi connectivity index (χ0v) is 22.8. The van der Waals surface area contributed by atoms with Gasteiger partial charge in [-0.05, 0) is 24.3 Å². The number of quaternary nitrogens is 1. The lowest BCUT2D eigenvalue weighted by Gasteiger charge is -2.41. The van der Waals surface area contributed by atoms with E-state index < -0.39 is 74.2 Å². The van der Waals surface area contributed by atoms with Crippen molar-refractivity contribution in [3.63, 3.8) is 0 Å². The first kappa shape index (κ1) is 39.5.